The minimum atomic E-state index is -4.14. The zero-order valence-electron chi connectivity index (χ0n) is 12.8. The van der Waals surface area contributed by atoms with E-state index < -0.39 is 13.9 Å². The summed E-state index contributed by atoms with van der Waals surface area (Å²) in [6, 6.07) is -0.00671. The third-order valence-electron chi connectivity index (χ3n) is 3.14. The highest BCUT2D eigenvalue weighted by Crippen LogP contribution is 2.33. The molecule has 0 saturated heterocycles. The Labute approximate surface area is 133 Å². The Morgan fingerprint density at radius 1 is 1.48 bits per heavy atom. The molecule has 0 amide bonds. The highest BCUT2D eigenvalue weighted by Gasteiger charge is 2.16. The van der Waals surface area contributed by atoms with Crippen molar-refractivity contribution in [3.63, 3.8) is 0 Å². The number of hydrogen-bond acceptors (Lipinski definition) is 6. The van der Waals surface area contributed by atoms with Gasteiger partial charge in [-0.25, -0.2) is 15.0 Å². The quantitative estimate of drug-likeness (QED) is 0.348. The topological polar surface area (TPSA) is 122 Å². The number of nitrogens with zero attached hydrogens (tertiary/aromatic N) is 4. The third-order valence-corrected chi connectivity index (χ3v) is 3.66. The molecule has 0 radical (unpaired) electrons. The lowest BCUT2D eigenvalue weighted by Crippen LogP contribution is -2.20. The van der Waals surface area contributed by atoms with E-state index in [0.717, 1.165) is 5.69 Å². The number of ether oxygens (including phenoxy) is 1. The largest absolute Gasteiger partial charge is 0.367 e. The molecule has 0 spiro atoms. The van der Waals surface area contributed by atoms with Crippen LogP contribution in [-0.4, -0.2) is 48.8 Å². The van der Waals surface area contributed by atoms with Crippen molar-refractivity contribution in [2.75, 3.05) is 19.5 Å². The van der Waals surface area contributed by atoms with Gasteiger partial charge in [0, 0.05) is 19.1 Å². The lowest BCUT2D eigenvalue weighted by Gasteiger charge is -2.12. The Morgan fingerprint density at radius 3 is 2.96 bits per heavy atom. The average molecular weight is 341 g/mol. The summed E-state index contributed by atoms with van der Waals surface area (Å²) in [6.07, 6.45) is 4.26. The summed E-state index contributed by atoms with van der Waals surface area (Å²) in [5, 5.41) is 3.25. The maximum absolute atomic E-state index is 10.7. The molecule has 0 fully saturated rings. The van der Waals surface area contributed by atoms with Crippen LogP contribution in [0.4, 0.5) is 0 Å². The molecule has 10 heteroatoms. The van der Waals surface area contributed by atoms with Gasteiger partial charge in [0.05, 0.1) is 18.6 Å². The summed E-state index contributed by atoms with van der Waals surface area (Å²) in [4.78, 5) is 30.3. The highest BCUT2D eigenvalue weighted by molar-refractivity contribution is 7.51. The van der Waals surface area contributed by atoms with Crippen LogP contribution in [0.3, 0.4) is 0 Å². The van der Waals surface area contributed by atoms with Crippen LogP contribution in [-0.2, 0) is 15.8 Å². The van der Waals surface area contributed by atoms with Crippen molar-refractivity contribution in [1.29, 1.82) is 0 Å². The van der Waals surface area contributed by atoms with E-state index in [1.165, 1.54) is 6.33 Å². The van der Waals surface area contributed by atoms with Crippen molar-refractivity contribution < 1.29 is 19.1 Å². The molecule has 2 rings (SSSR count). The SMILES string of the molecule is C=CCNC(C)c1ncnc2c1ncn2CCOCP(=O)(O)O. The summed E-state index contributed by atoms with van der Waals surface area (Å²) in [6.45, 7) is 6.85. The van der Waals surface area contributed by atoms with Crippen molar-refractivity contribution in [3.05, 3.63) is 31.0 Å². The van der Waals surface area contributed by atoms with E-state index in [1.807, 2.05) is 6.92 Å². The van der Waals surface area contributed by atoms with E-state index in [2.05, 4.69) is 26.8 Å². The van der Waals surface area contributed by atoms with E-state index in [9.17, 15) is 4.57 Å². The maximum atomic E-state index is 10.7. The predicted octanol–water partition coefficient (Wildman–Crippen LogP) is 0.815. The summed E-state index contributed by atoms with van der Waals surface area (Å²) in [5.41, 5.74) is 2.13. The molecule has 2 aromatic heterocycles. The molecule has 23 heavy (non-hydrogen) atoms. The van der Waals surface area contributed by atoms with Gasteiger partial charge in [0.1, 0.15) is 18.2 Å². The van der Waals surface area contributed by atoms with Gasteiger partial charge < -0.3 is 24.4 Å². The van der Waals surface area contributed by atoms with E-state index in [-0.39, 0.29) is 12.6 Å². The lowest BCUT2D eigenvalue weighted by atomic mass is 10.2. The molecule has 0 aliphatic carbocycles. The molecule has 3 N–H and O–H groups in total. The van der Waals surface area contributed by atoms with Gasteiger partial charge in [-0.15, -0.1) is 6.58 Å². The molecule has 0 bridgehead atoms. The molecule has 2 aromatic rings. The molecule has 1 atom stereocenters. The fourth-order valence-corrected chi connectivity index (χ4v) is 2.45. The lowest BCUT2D eigenvalue weighted by molar-refractivity contribution is 0.149. The van der Waals surface area contributed by atoms with E-state index in [0.29, 0.717) is 24.3 Å². The highest BCUT2D eigenvalue weighted by atomic mass is 31.2. The van der Waals surface area contributed by atoms with E-state index >= 15 is 0 Å². The Bertz CT molecular complexity index is 713. The third kappa shape index (κ3) is 4.92. The first-order valence-corrected chi connectivity index (χ1v) is 8.84. The summed E-state index contributed by atoms with van der Waals surface area (Å²) >= 11 is 0. The van der Waals surface area contributed by atoms with Crippen LogP contribution >= 0.6 is 7.60 Å². The minimum Gasteiger partial charge on any atom is -0.367 e. The zero-order chi connectivity index (χ0) is 16.9. The second-order valence-corrected chi connectivity index (χ2v) is 6.58. The van der Waals surface area contributed by atoms with Crippen LogP contribution in [0.1, 0.15) is 18.7 Å². The van der Waals surface area contributed by atoms with E-state index in [4.69, 9.17) is 14.5 Å². The van der Waals surface area contributed by atoms with Gasteiger partial charge in [0.25, 0.3) is 0 Å². The Kier molecular flexibility index (Phi) is 5.97. The number of imidazole rings is 1. The Hall–Kier alpha value is -1.64. The van der Waals surface area contributed by atoms with Crippen LogP contribution in [0.5, 0.6) is 0 Å². The van der Waals surface area contributed by atoms with Crippen LogP contribution in [0.25, 0.3) is 11.2 Å². The van der Waals surface area contributed by atoms with Gasteiger partial charge in [-0.3, -0.25) is 4.57 Å². The number of rotatable bonds is 9. The van der Waals surface area contributed by atoms with Gasteiger partial charge >= 0.3 is 7.60 Å². The normalized spacial score (nSPS) is 13.3. The van der Waals surface area contributed by atoms with Gasteiger partial charge in [-0.2, -0.15) is 0 Å². The van der Waals surface area contributed by atoms with Crippen molar-refractivity contribution in [3.8, 4) is 0 Å². The van der Waals surface area contributed by atoms with Gasteiger partial charge in [0.2, 0.25) is 0 Å². The molecule has 0 saturated carbocycles. The summed E-state index contributed by atoms with van der Waals surface area (Å²) in [5.74, 6) is 0. The van der Waals surface area contributed by atoms with Crippen LogP contribution in [0.15, 0.2) is 25.3 Å². The summed E-state index contributed by atoms with van der Waals surface area (Å²) in [7, 11) is -4.14. The van der Waals surface area contributed by atoms with Gasteiger partial charge in [-0.1, -0.05) is 6.08 Å². The second-order valence-electron chi connectivity index (χ2n) is 4.99. The molecule has 0 aliphatic heterocycles. The van der Waals surface area contributed by atoms with Crippen molar-refractivity contribution >= 4 is 18.8 Å². The van der Waals surface area contributed by atoms with Crippen LogP contribution in [0, 0.1) is 0 Å². The van der Waals surface area contributed by atoms with E-state index in [1.54, 1.807) is 17.0 Å². The van der Waals surface area contributed by atoms with Crippen molar-refractivity contribution in [2.24, 2.45) is 0 Å². The standard InChI is InChI=1S/C13H20N5O4P/c1-3-4-14-10(2)11-12-13(16-7-15-11)18(8-17-12)5-6-22-9-23(19,20)21/h3,7-8,10,14H,1,4-6,9H2,2H3,(H2,19,20,21). The van der Waals surface area contributed by atoms with Crippen molar-refractivity contribution in [1.82, 2.24) is 24.8 Å². The molecule has 0 aromatic carbocycles. The smallest absolute Gasteiger partial charge is 0.350 e. The number of aromatic nitrogens is 4. The van der Waals surface area contributed by atoms with Crippen LogP contribution < -0.4 is 5.32 Å². The summed E-state index contributed by atoms with van der Waals surface area (Å²) < 4.78 is 17.5. The Balaban J connectivity index is 2.08. The van der Waals surface area contributed by atoms with Crippen LogP contribution in [0.2, 0.25) is 0 Å². The molecule has 126 valence electrons. The molecule has 2 heterocycles. The molecular formula is C13H20N5O4P. The first-order chi connectivity index (χ1) is 10.9. The van der Waals surface area contributed by atoms with Gasteiger partial charge in [0.15, 0.2) is 5.65 Å². The van der Waals surface area contributed by atoms with Gasteiger partial charge in [-0.05, 0) is 6.92 Å². The average Bonchev–Trinajstić information content (AvgIpc) is 2.91. The molecule has 9 nitrogen and oxygen atoms in total. The predicted molar refractivity (Wildman–Crippen MR) is 84.8 cm³/mol. The number of nitrogens with one attached hydrogen (secondary N) is 1. The molecule has 1 unspecified atom stereocenters. The Morgan fingerprint density at radius 2 is 2.26 bits per heavy atom. The zero-order valence-corrected chi connectivity index (χ0v) is 13.7. The number of hydrogen-bond donors (Lipinski definition) is 3. The number of fused-ring (bicyclic) bond motifs is 1. The maximum Gasteiger partial charge on any atom is 0.350 e. The molecular weight excluding hydrogens is 321 g/mol. The second kappa shape index (κ2) is 7.76. The first-order valence-electron chi connectivity index (χ1n) is 7.04. The minimum absolute atomic E-state index is 0.00671. The fraction of sp³-hybridized carbons (Fsp3) is 0.462. The first kappa shape index (κ1) is 17.7. The molecule has 0 aliphatic rings. The van der Waals surface area contributed by atoms with Crippen molar-refractivity contribution in [2.45, 2.75) is 19.5 Å². The monoisotopic (exact) mass is 341 g/mol. The fourth-order valence-electron chi connectivity index (χ4n) is 2.08.